The maximum Gasteiger partial charge on any atom is 0.249 e. The highest BCUT2D eigenvalue weighted by atomic mass is 16.3. The number of nitrogens with two attached hydrogens (primary N) is 1. The summed E-state index contributed by atoms with van der Waals surface area (Å²) in [6.45, 7) is 0. The molecule has 3 rings (SSSR count). The van der Waals surface area contributed by atoms with E-state index >= 15 is 0 Å². The smallest absolute Gasteiger partial charge is 0.249 e. The van der Waals surface area contributed by atoms with Crippen LogP contribution < -0.4 is 5.73 Å². The Morgan fingerprint density at radius 3 is 2.45 bits per heavy atom. The first-order chi connectivity index (χ1) is 10.6. The number of fused-ring (bicyclic) bond motifs is 1. The van der Waals surface area contributed by atoms with Crippen LogP contribution in [0.1, 0.15) is 11.3 Å². The molecular formula is C18H14N2O2. The molecular weight excluding hydrogens is 276 g/mol. The van der Waals surface area contributed by atoms with Crippen molar-refractivity contribution < 1.29 is 9.90 Å². The average molecular weight is 290 g/mol. The van der Waals surface area contributed by atoms with Crippen LogP contribution in [0.25, 0.3) is 22.6 Å². The lowest BCUT2D eigenvalue weighted by atomic mass is 10.0. The molecule has 4 nitrogen and oxygen atoms in total. The molecule has 0 bridgehead atoms. The number of carbonyl (C=O) groups is 1. The number of phenolic OH excluding ortho intramolecular Hbond substituents is 1. The molecule has 0 radical (unpaired) electrons. The van der Waals surface area contributed by atoms with Gasteiger partial charge in [0.25, 0.3) is 0 Å². The highest BCUT2D eigenvalue weighted by molar-refractivity contribution is 6.23. The summed E-state index contributed by atoms with van der Waals surface area (Å²) in [5, 5.41) is 10.4. The lowest BCUT2D eigenvalue weighted by Gasteiger charge is -2.05. The van der Waals surface area contributed by atoms with Gasteiger partial charge in [0.05, 0.1) is 11.2 Å². The Balaban J connectivity index is 2.08. The number of pyridine rings is 1. The highest BCUT2D eigenvalue weighted by Crippen LogP contribution is 2.21. The summed E-state index contributed by atoms with van der Waals surface area (Å²) >= 11 is 0. The molecule has 1 heterocycles. The van der Waals surface area contributed by atoms with Crippen LogP contribution in [0.4, 0.5) is 0 Å². The third-order valence-corrected chi connectivity index (χ3v) is 3.36. The Labute approximate surface area is 127 Å². The lowest BCUT2D eigenvalue weighted by molar-refractivity contribution is -0.112. The summed E-state index contributed by atoms with van der Waals surface area (Å²) in [6, 6.07) is 17.9. The summed E-state index contributed by atoms with van der Waals surface area (Å²) in [5.74, 6) is -0.406. The van der Waals surface area contributed by atoms with Crippen molar-refractivity contribution in [2.75, 3.05) is 0 Å². The maximum atomic E-state index is 11.7. The summed E-state index contributed by atoms with van der Waals surface area (Å²) in [7, 11) is 0. The SMILES string of the molecule is NC(=O)/C(=C\c1ccc2ccccc2n1)c1ccc(O)cc1. The molecule has 0 aliphatic rings. The Kier molecular flexibility index (Phi) is 3.58. The number of rotatable bonds is 3. The maximum absolute atomic E-state index is 11.7. The van der Waals surface area contributed by atoms with Crippen molar-refractivity contribution in [3.8, 4) is 5.75 Å². The second-order valence-electron chi connectivity index (χ2n) is 4.90. The molecule has 22 heavy (non-hydrogen) atoms. The number of amides is 1. The number of aromatic nitrogens is 1. The monoisotopic (exact) mass is 290 g/mol. The molecule has 0 saturated carbocycles. The number of primary amides is 1. The van der Waals surface area contributed by atoms with Crippen LogP contribution in [0.15, 0.2) is 60.7 Å². The zero-order chi connectivity index (χ0) is 15.5. The fraction of sp³-hybridized carbons (Fsp3) is 0. The molecule has 1 aromatic heterocycles. The third-order valence-electron chi connectivity index (χ3n) is 3.36. The van der Waals surface area contributed by atoms with Crippen LogP contribution in [-0.4, -0.2) is 16.0 Å². The molecule has 0 spiro atoms. The van der Waals surface area contributed by atoms with Gasteiger partial charge >= 0.3 is 0 Å². The molecule has 4 heteroatoms. The first kappa shape index (κ1) is 13.8. The van der Waals surface area contributed by atoms with Gasteiger partial charge in [0.2, 0.25) is 5.91 Å². The van der Waals surface area contributed by atoms with E-state index in [0.717, 1.165) is 10.9 Å². The minimum Gasteiger partial charge on any atom is -0.508 e. The van der Waals surface area contributed by atoms with E-state index in [-0.39, 0.29) is 5.75 Å². The van der Waals surface area contributed by atoms with Gasteiger partial charge in [0, 0.05) is 11.0 Å². The van der Waals surface area contributed by atoms with Gasteiger partial charge in [-0.1, -0.05) is 36.4 Å². The van der Waals surface area contributed by atoms with Gasteiger partial charge in [-0.2, -0.15) is 0 Å². The zero-order valence-electron chi connectivity index (χ0n) is 11.7. The van der Waals surface area contributed by atoms with Gasteiger partial charge in [0.15, 0.2) is 0 Å². The van der Waals surface area contributed by atoms with Crippen molar-refractivity contribution in [1.29, 1.82) is 0 Å². The minimum atomic E-state index is -0.541. The van der Waals surface area contributed by atoms with Crippen molar-refractivity contribution in [2.24, 2.45) is 5.73 Å². The Bertz CT molecular complexity index is 868. The first-order valence-electron chi connectivity index (χ1n) is 6.80. The van der Waals surface area contributed by atoms with Gasteiger partial charge in [-0.3, -0.25) is 4.79 Å². The van der Waals surface area contributed by atoms with Crippen molar-refractivity contribution in [3.63, 3.8) is 0 Å². The van der Waals surface area contributed by atoms with Gasteiger partial charge in [-0.25, -0.2) is 4.98 Å². The summed E-state index contributed by atoms with van der Waals surface area (Å²) < 4.78 is 0. The summed E-state index contributed by atoms with van der Waals surface area (Å²) in [6.07, 6.45) is 1.65. The topological polar surface area (TPSA) is 76.2 Å². The number of hydrogen-bond acceptors (Lipinski definition) is 3. The molecule has 0 unspecified atom stereocenters. The zero-order valence-corrected chi connectivity index (χ0v) is 11.7. The quantitative estimate of drug-likeness (QED) is 0.728. The van der Waals surface area contributed by atoms with E-state index in [2.05, 4.69) is 4.98 Å². The lowest BCUT2D eigenvalue weighted by Crippen LogP contribution is -2.12. The van der Waals surface area contributed by atoms with E-state index in [9.17, 15) is 9.90 Å². The van der Waals surface area contributed by atoms with Crippen molar-refractivity contribution in [2.45, 2.75) is 0 Å². The van der Waals surface area contributed by atoms with E-state index in [1.54, 1.807) is 18.2 Å². The number of phenols is 1. The van der Waals surface area contributed by atoms with E-state index in [0.29, 0.717) is 16.8 Å². The van der Waals surface area contributed by atoms with Crippen LogP contribution in [0.3, 0.4) is 0 Å². The predicted octanol–water partition coefficient (Wildman–Crippen LogP) is 2.97. The Morgan fingerprint density at radius 1 is 1.00 bits per heavy atom. The number of hydrogen-bond donors (Lipinski definition) is 2. The molecule has 3 aromatic rings. The molecule has 0 aliphatic heterocycles. The summed E-state index contributed by atoms with van der Waals surface area (Å²) in [4.78, 5) is 16.2. The summed E-state index contributed by atoms with van der Waals surface area (Å²) in [5.41, 5.74) is 7.96. The molecule has 108 valence electrons. The van der Waals surface area contributed by atoms with E-state index in [1.807, 2.05) is 36.4 Å². The highest BCUT2D eigenvalue weighted by Gasteiger charge is 2.09. The third kappa shape index (κ3) is 2.81. The number of aromatic hydroxyl groups is 1. The Hall–Kier alpha value is -3.14. The van der Waals surface area contributed by atoms with Gasteiger partial charge in [-0.05, 0) is 35.9 Å². The van der Waals surface area contributed by atoms with Crippen LogP contribution in [0.2, 0.25) is 0 Å². The number of benzene rings is 2. The van der Waals surface area contributed by atoms with Gasteiger partial charge < -0.3 is 10.8 Å². The largest absolute Gasteiger partial charge is 0.508 e. The number of nitrogens with zero attached hydrogens (tertiary/aromatic N) is 1. The van der Waals surface area contributed by atoms with Crippen LogP contribution in [0.5, 0.6) is 5.75 Å². The molecule has 0 fully saturated rings. The molecule has 2 aromatic carbocycles. The number of para-hydroxylation sites is 1. The molecule has 0 atom stereocenters. The average Bonchev–Trinajstić information content (AvgIpc) is 2.53. The standard InChI is InChI=1S/C18H14N2O2/c19-18(22)16(12-6-9-15(21)10-7-12)11-14-8-5-13-3-1-2-4-17(13)20-14/h1-11,21H,(H2,19,22)/b16-11-. The minimum absolute atomic E-state index is 0.136. The normalized spacial score (nSPS) is 11.5. The van der Waals surface area contributed by atoms with E-state index < -0.39 is 5.91 Å². The van der Waals surface area contributed by atoms with Crippen molar-refractivity contribution >= 4 is 28.5 Å². The van der Waals surface area contributed by atoms with Gasteiger partial charge in [0.1, 0.15) is 5.75 Å². The van der Waals surface area contributed by atoms with Crippen molar-refractivity contribution in [3.05, 3.63) is 71.9 Å². The van der Waals surface area contributed by atoms with Crippen LogP contribution >= 0.6 is 0 Å². The van der Waals surface area contributed by atoms with Gasteiger partial charge in [-0.15, -0.1) is 0 Å². The van der Waals surface area contributed by atoms with E-state index in [1.165, 1.54) is 12.1 Å². The second kappa shape index (κ2) is 5.69. The second-order valence-corrected chi connectivity index (χ2v) is 4.90. The molecule has 0 aliphatic carbocycles. The first-order valence-corrected chi connectivity index (χ1v) is 6.80. The van der Waals surface area contributed by atoms with Crippen LogP contribution in [0, 0.1) is 0 Å². The van der Waals surface area contributed by atoms with Crippen molar-refractivity contribution in [1.82, 2.24) is 4.98 Å². The predicted molar refractivity (Wildman–Crippen MR) is 86.9 cm³/mol. The number of carbonyl (C=O) groups excluding carboxylic acids is 1. The fourth-order valence-electron chi connectivity index (χ4n) is 2.25. The van der Waals surface area contributed by atoms with E-state index in [4.69, 9.17) is 5.73 Å². The van der Waals surface area contributed by atoms with Crippen LogP contribution in [-0.2, 0) is 4.79 Å². The molecule has 3 N–H and O–H groups in total. The Morgan fingerprint density at radius 2 is 1.73 bits per heavy atom. The fourth-order valence-corrected chi connectivity index (χ4v) is 2.25. The molecule has 1 amide bonds. The molecule has 0 saturated heterocycles.